The van der Waals surface area contributed by atoms with Gasteiger partial charge < -0.3 is 14.9 Å². The van der Waals surface area contributed by atoms with Crippen LogP contribution in [0.5, 0.6) is 11.5 Å². The zero-order chi connectivity index (χ0) is 17.7. The van der Waals surface area contributed by atoms with Gasteiger partial charge in [-0.25, -0.2) is 4.79 Å². The Kier molecular flexibility index (Phi) is 4.95. The molecular weight excluding hydrogens is 318 g/mol. The molecule has 0 aliphatic heterocycles. The van der Waals surface area contributed by atoms with Crippen LogP contribution in [0.25, 0.3) is 0 Å². The van der Waals surface area contributed by atoms with Crippen LogP contribution in [0.3, 0.4) is 0 Å². The summed E-state index contributed by atoms with van der Waals surface area (Å²) in [5, 5.41) is 33.7. The molecule has 0 spiro atoms. The van der Waals surface area contributed by atoms with Crippen LogP contribution >= 0.6 is 0 Å². The maximum Gasteiger partial charge on any atom is 0.337 e. The van der Waals surface area contributed by atoms with Crippen LogP contribution in [0.15, 0.2) is 41.5 Å². The highest BCUT2D eigenvalue weighted by molar-refractivity contribution is 5.94. The molecule has 0 saturated carbocycles. The Morgan fingerprint density at radius 2 is 2.08 bits per heavy atom. The highest BCUT2D eigenvalue weighted by atomic mass is 16.6. The fraction of sp³-hybridized carbons (Fsp3) is 0.0667. The predicted molar refractivity (Wildman–Crippen MR) is 85.9 cm³/mol. The first-order valence-electron chi connectivity index (χ1n) is 6.60. The third kappa shape index (κ3) is 3.58. The van der Waals surface area contributed by atoms with Gasteiger partial charge in [0.1, 0.15) is 0 Å². The molecule has 0 atom stereocenters. The van der Waals surface area contributed by atoms with Crippen LogP contribution in [0.2, 0.25) is 0 Å². The molecule has 0 aliphatic rings. The molecule has 2 aromatic rings. The number of hydrogen-bond acceptors (Lipinski definition) is 7. The van der Waals surface area contributed by atoms with Crippen LogP contribution in [-0.2, 0) is 0 Å². The Morgan fingerprint density at radius 3 is 2.71 bits per heavy atom. The number of anilines is 1. The lowest BCUT2D eigenvalue weighted by Crippen LogP contribution is -2.02. The normalized spacial score (nSPS) is 10.5. The van der Waals surface area contributed by atoms with Crippen molar-refractivity contribution >= 4 is 23.6 Å². The first-order chi connectivity index (χ1) is 11.4. The number of carboxylic acid groups (broad SMARTS) is 1. The van der Waals surface area contributed by atoms with Gasteiger partial charge in [0.2, 0.25) is 0 Å². The van der Waals surface area contributed by atoms with Crippen LogP contribution in [0, 0.1) is 10.1 Å². The maximum absolute atomic E-state index is 11.1. The number of phenols is 1. The van der Waals surface area contributed by atoms with Crippen LogP contribution in [0.1, 0.15) is 15.9 Å². The number of ether oxygens (including phenoxy) is 1. The Morgan fingerprint density at radius 1 is 1.38 bits per heavy atom. The first kappa shape index (κ1) is 16.7. The number of aromatic hydroxyl groups is 1. The number of aromatic carboxylic acids is 1. The van der Waals surface area contributed by atoms with E-state index in [0.717, 1.165) is 18.3 Å². The molecule has 0 radical (unpaired) electrons. The second kappa shape index (κ2) is 7.09. The second-order valence-electron chi connectivity index (χ2n) is 4.56. The van der Waals surface area contributed by atoms with E-state index in [1.807, 2.05) is 0 Å². The van der Waals surface area contributed by atoms with Crippen molar-refractivity contribution < 1.29 is 24.7 Å². The molecule has 9 heteroatoms. The van der Waals surface area contributed by atoms with Gasteiger partial charge in [-0.2, -0.15) is 5.10 Å². The number of hydrazone groups is 1. The van der Waals surface area contributed by atoms with Crippen molar-refractivity contribution in [1.29, 1.82) is 0 Å². The molecule has 24 heavy (non-hydrogen) atoms. The monoisotopic (exact) mass is 331 g/mol. The number of carboxylic acids is 1. The van der Waals surface area contributed by atoms with Crippen molar-refractivity contribution in [2.75, 3.05) is 12.5 Å². The van der Waals surface area contributed by atoms with Gasteiger partial charge >= 0.3 is 5.97 Å². The molecule has 0 amide bonds. The Balaban J connectivity index is 2.31. The average Bonchev–Trinajstić information content (AvgIpc) is 2.56. The molecule has 124 valence electrons. The van der Waals surface area contributed by atoms with E-state index in [1.165, 1.54) is 19.2 Å². The van der Waals surface area contributed by atoms with Crippen LogP contribution in [-0.4, -0.2) is 34.4 Å². The van der Waals surface area contributed by atoms with E-state index in [9.17, 15) is 20.0 Å². The zero-order valence-electron chi connectivity index (χ0n) is 12.5. The minimum absolute atomic E-state index is 0.00972. The highest BCUT2D eigenvalue weighted by Gasteiger charge is 2.16. The molecule has 0 aliphatic carbocycles. The van der Waals surface area contributed by atoms with Gasteiger partial charge in [0, 0.05) is 11.6 Å². The number of rotatable bonds is 6. The van der Waals surface area contributed by atoms with Crippen molar-refractivity contribution in [3.8, 4) is 11.5 Å². The molecular formula is C15H13N3O6. The van der Waals surface area contributed by atoms with Gasteiger partial charge in [0.05, 0.1) is 35.6 Å². The van der Waals surface area contributed by atoms with Crippen LogP contribution in [0.4, 0.5) is 11.4 Å². The lowest BCUT2D eigenvalue weighted by atomic mass is 10.1. The first-order valence-corrected chi connectivity index (χ1v) is 6.60. The summed E-state index contributed by atoms with van der Waals surface area (Å²) >= 11 is 0. The second-order valence-corrected chi connectivity index (χ2v) is 4.56. The predicted octanol–water partition coefficient (Wildman–Crippen LogP) is 2.45. The number of nitrogens with zero attached hydrogens (tertiary/aromatic N) is 2. The fourth-order valence-corrected chi connectivity index (χ4v) is 1.91. The summed E-state index contributed by atoms with van der Waals surface area (Å²) in [6.07, 6.45) is 1.13. The van der Waals surface area contributed by atoms with Crippen molar-refractivity contribution in [2.45, 2.75) is 0 Å². The summed E-state index contributed by atoms with van der Waals surface area (Å²) in [7, 11) is 1.26. The number of carbonyl (C=O) groups is 1. The summed E-state index contributed by atoms with van der Waals surface area (Å²) in [6.45, 7) is 0. The zero-order valence-corrected chi connectivity index (χ0v) is 12.5. The number of nitro benzene ring substituents is 1. The summed E-state index contributed by atoms with van der Waals surface area (Å²) in [4.78, 5) is 21.3. The van der Waals surface area contributed by atoms with Gasteiger partial charge in [0.25, 0.3) is 5.69 Å². The van der Waals surface area contributed by atoms with Gasteiger partial charge in [-0.3, -0.25) is 15.5 Å². The van der Waals surface area contributed by atoms with E-state index < -0.39 is 10.9 Å². The molecule has 0 aromatic heterocycles. The molecule has 0 fully saturated rings. The summed E-state index contributed by atoms with van der Waals surface area (Å²) in [5.41, 5.74) is 2.53. The van der Waals surface area contributed by atoms with Crippen molar-refractivity contribution in [2.24, 2.45) is 5.10 Å². The Bertz CT molecular complexity index is 819. The van der Waals surface area contributed by atoms with Gasteiger partial charge in [0.15, 0.2) is 11.5 Å². The minimum Gasteiger partial charge on any atom is -0.504 e. The Hall–Kier alpha value is -3.62. The van der Waals surface area contributed by atoms with E-state index in [2.05, 4.69) is 10.5 Å². The molecule has 0 heterocycles. The lowest BCUT2D eigenvalue weighted by molar-refractivity contribution is -0.385. The molecule has 0 saturated heterocycles. The summed E-state index contributed by atoms with van der Waals surface area (Å²) in [5.74, 6) is -1.52. The van der Waals surface area contributed by atoms with Crippen molar-refractivity contribution in [1.82, 2.24) is 0 Å². The summed E-state index contributed by atoms with van der Waals surface area (Å²) < 4.78 is 4.88. The average molecular weight is 331 g/mol. The lowest BCUT2D eigenvalue weighted by Gasteiger charge is -2.07. The van der Waals surface area contributed by atoms with Crippen molar-refractivity contribution in [3.05, 3.63) is 57.6 Å². The van der Waals surface area contributed by atoms with Gasteiger partial charge in [-0.15, -0.1) is 0 Å². The van der Waals surface area contributed by atoms with Gasteiger partial charge in [-0.1, -0.05) is 12.1 Å². The molecule has 0 bridgehead atoms. The van der Waals surface area contributed by atoms with E-state index in [1.54, 1.807) is 12.1 Å². The van der Waals surface area contributed by atoms with Crippen molar-refractivity contribution in [3.63, 3.8) is 0 Å². The molecule has 9 nitrogen and oxygen atoms in total. The number of hydrogen-bond donors (Lipinski definition) is 3. The third-order valence-electron chi connectivity index (χ3n) is 3.07. The smallest absolute Gasteiger partial charge is 0.337 e. The van der Waals surface area contributed by atoms with Gasteiger partial charge in [-0.05, 0) is 12.1 Å². The van der Waals surface area contributed by atoms with Crippen LogP contribution < -0.4 is 10.2 Å². The number of benzene rings is 2. The Labute approximate surface area is 136 Å². The number of nitro groups is 1. The number of para-hydroxylation sites is 1. The molecule has 2 rings (SSSR count). The molecule has 0 unspecified atom stereocenters. The standard InChI is InChI=1S/C15H13N3O6/c1-24-13-7-10(18(22)23)6-9(14(13)19)8-16-17-12-5-3-2-4-11(12)15(20)21/h2-8,17,19H,1H3,(H,20,21)/b16-8+. The number of phenolic OH excluding ortho intramolecular Hbond substituents is 1. The maximum atomic E-state index is 11.1. The fourth-order valence-electron chi connectivity index (χ4n) is 1.91. The topological polar surface area (TPSA) is 134 Å². The highest BCUT2D eigenvalue weighted by Crippen LogP contribution is 2.33. The largest absolute Gasteiger partial charge is 0.504 e. The third-order valence-corrected chi connectivity index (χ3v) is 3.07. The minimum atomic E-state index is -1.13. The quantitative estimate of drug-likeness (QED) is 0.420. The molecule has 2 aromatic carbocycles. The van der Waals surface area contributed by atoms with E-state index in [-0.39, 0.29) is 34.0 Å². The number of nitrogens with one attached hydrogen (secondary N) is 1. The molecule has 3 N–H and O–H groups in total. The number of non-ortho nitro benzene ring substituents is 1. The van der Waals surface area contributed by atoms with E-state index in [4.69, 9.17) is 9.84 Å². The number of methoxy groups -OCH3 is 1. The SMILES string of the molecule is COc1cc([N+](=O)[O-])cc(/C=N/Nc2ccccc2C(=O)O)c1O. The summed E-state index contributed by atoms with van der Waals surface area (Å²) in [6, 6.07) is 8.29. The van der Waals surface area contributed by atoms with E-state index >= 15 is 0 Å². The van der Waals surface area contributed by atoms with E-state index in [0.29, 0.717) is 0 Å².